The quantitative estimate of drug-likeness (QED) is 0.442. The van der Waals surface area contributed by atoms with Gasteiger partial charge in [0.15, 0.2) is 0 Å². The maximum atomic E-state index is 13.6. The van der Waals surface area contributed by atoms with E-state index >= 15 is 0 Å². The number of nitrogens with two attached hydrogens (primary N) is 1. The van der Waals surface area contributed by atoms with E-state index in [0.29, 0.717) is 0 Å². The molecule has 0 unspecified atom stereocenters. The van der Waals surface area contributed by atoms with Crippen molar-refractivity contribution in [1.82, 2.24) is 4.57 Å². The topological polar surface area (TPSA) is 48.0 Å². The van der Waals surface area contributed by atoms with E-state index in [1.165, 1.54) is 44.2 Å². The van der Waals surface area contributed by atoms with Gasteiger partial charge in [0.1, 0.15) is 5.82 Å². The van der Waals surface area contributed by atoms with E-state index in [9.17, 15) is 9.18 Å². The summed E-state index contributed by atoms with van der Waals surface area (Å²) in [7, 11) is 0. The maximum Gasteiger partial charge on any atom is 0.221 e. The van der Waals surface area contributed by atoms with Crippen LogP contribution in [0.25, 0.3) is 22.0 Å². The molecule has 3 nitrogen and oxygen atoms in total. The van der Waals surface area contributed by atoms with Crippen LogP contribution < -0.4 is 5.73 Å². The third-order valence-corrected chi connectivity index (χ3v) is 5.24. The van der Waals surface area contributed by atoms with Crippen LogP contribution in [0.1, 0.15) is 51.0 Å². The molecule has 3 rings (SSSR count). The lowest BCUT2D eigenvalue weighted by Gasteiger charge is -2.07. The Kier molecular flexibility index (Phi) is 6.85. The standard InChI is InChI=1S/C24H29FN2O/c1-2-3-4-5-6-7-13-27-17-20(16-24(26)28)22-15-19(11-12-23(22)27)18-9-8-10-21(25)14-18/h8-12,14-15,17H,2-7,13,16H2,1H3,(H2,26,28). The molecule has 2 N–H and O–H groups in total. The van der Waals surface area contributed by atoms with E-state index in [4.69, 9.17) is 5.73 Å². The lowest BCUT2D eigenvalue weighted by molar-refractivity contribution is -0.117. The molecule has 0 bridgehead atoms. The molecule has 3 aromatic rings. The fraction of sp³-hybridized carbons (Fsp3) is 0.375. The van der Waals surface area contributed by atoms with Crippen LogP contribution in [0.3, 0.4) is 0 Å². The second-order valence-corrected chi connectivity index (χ2v) is 7.50. The zero-order chi connectivity index (χ0) is 19.9. The van der Waals surface area contributed by atoms with Crippen molar-refractivity contribution < 1.29 is 9.18 Å². The van der Waals surface area contributed by atoms with E-state index < -0.39 is 0 Å². The molecule has 1 aromatic heterocycles. The van der Waals surface area contributed by atoms with Crippen LogP contribution in [0.15, 0.2) is 48.7 Å². The summed E-state index contributed by atoms with van der Waals surface area (Å²) >= 11 is 0. The average molecular weight is 381 g/mol. The molecule has 0 aliphatic rings. The van der Waals surface area contributed by atoms with E-state index in [1.54, 1.807) is 6.07 Å². The van der Waals surface area contributed by atoms with Crippen molar-refractivity contribution >= 4 is 16.8 Å². The zero-order valence-corrected chi connectivity index (χ0v) is 16.6. The Labute approximate surface area is 166 Å². The maximum absolute atomic E-state index is 13.6. The van der Waals surface area contributed by atoms with Gasteiger partial charge >= 0.3 is 0 Å². The van der Waals surface area contributed by atoms with Crippen molar-refractivity contribution in [1.29, 1.82) is 0 Å². The Bertz CT molecular complexity index is 945. The number of fused-ring (bicyclic) bond motifs is 1. The fourth-order valence-corrected chi connectivity index (χ4v) is 3.79. The molecular weight excluding hydrogens is 351 g/mol. The Hall–Kier alpha value is -2.62. The average Bonchev–Trinajstić information content (AvgIpc) is 3.01. The van der Waals surface area contributed by atoms with E-state index in [1.807, 2.05) is 18.2 Å². The van der Waals surface area contributed by atoms with Gasteiger partial charge in [-0.3, -0.25) is 4.79 Å². The SMILES string of the molecule is CCCCCCCCn1cc(CC(N)=O)c2cc(-c3cccc(F)c3)ccc21. The molecule has 0 spiro atoms. The fourth-order valence-electron chi connectivity index (χ4n) is 3.79. The number of carbonyl (C=O) groups excluding carboxylic acids is 1. The number of unbranched alkanes of at least 4 members (excludes halogenated alkanes) is 5. The zero-order valence-electron chi connectivity index (χ0n) is 16.6. The number of halogens is 1. The number of amides is 1. The summed E-state index contributed by atoms with van der Waals surface area (Å²) in [6, 6.07) is 12.7. The Morgan fingerprint density at radius 3 is 2.50 bits per heavy atom. The molecular formula is C24H29FN2O. The first-order valence-electron chi connectivity index (χ1n) is 10.2. The van der Waals surface area contributed by atoms with Gasteiger partial charge in [-0.05, 0) is 47.4 Å². The highest BCUT2D eigenvalue weighted by Crippen LogP contribution is 2.29. The predicted octanol–water partition coefficient (Wildman–Crippen LogP) is 5.84. The predicted molar refractivity (Wildman–Crippen MR) is 114 cm³/mol. The molecule has 148 valence electrons. The smallest absolute Gasteiger partial charge is 0.221 e. The first-order valence-corrected chi connectivity index (χ1v) is 10.2. The number of primary amides is 1. The second-order valence-electron chi connectivity index (χ2n) is 7.50. The molecule has 0 atom stereocenters. The number of hydrogen-bond donors (Lipinski definition) is 1. The van der Waals surface area contributed by atoms with Crippen molar-refractivity contribution in [2.45, 2.75) is 58.4 Å². The van der Waals surface area contributed by atoms with Gasteiger partial charge in [-0.1, -0.05) is 57.2 Å². The second kappa shape index (κ2) is 9.54. The van der Waals surface area contributed by atoms with Crippen molar-refractivity contribution in [3.63, 3.8) is 0 Å². The Morgan fingerprint density at radius 2 is 1.75 bits per heavy atom. The number of aromatic nitrogens is 1. The Morgan fingerprint density at radius 1 is 1.00 bits per heavy atom. The van der Waals surface area contributed by atoms with Crippen LogP contribution >= 0.6 is 0 Å². The summed E-state index contributed by atoms with van der Waals surface area (Å²) in [6.45, 7) is 3.16. The summed E-state index contributed by atoms with van der Waals surface area (Å²) in [6.07, 6.45) is 9.73. The van der Waals surface area contributed by atoms with E-state index in [-0.39, 0.29) is 18.1 Å². The third kappa shape index (κ3) is 5.00. The van der Waals surface area contributed by atoms with Gasteiger partial charge in [-0.2, -0.15) is 0 Å². The van der Waals surface area contributed by atoms with Gasteiger partial charge in [0.2, 0.25) is 5.91 Å². The van der Waals surface area contributed by atoms with Crippen LogP contribution in [0.4, 0.5) is 4.39 Å². The van der Waals surface area contributed by atoms with Crippen molar-refractivity contribution in [3.8, 4) is 11.1 Å². The molecule has 0 aliphatic carbocycles. The Balaban J connectivity index is 1.85. The first kappa shape index (κ1) is 20.1. The molecule has 0 fully saturated rings. The summed E-state index contributed by atoms with van der Waals surface area (Å²) in [5, 5.41) is 1.02. The number of hydrogen-bond acceptors (Lipinski definition) is 1. The lowest BCUT2D eigenvalue weighted by atomic mass is 10.0. The molecule has 0 saturated carbocycles. The van der Waals surface area contributed by atoms with Gasteiger partial charge < -0.3 is 10.3 Å². The summed E-state index contributed by atoms with van der Waals surface area (Å²) in [4.78, 5) is 11.5. The summed E-state index contributed by atoms with van der Waals surface area (Å²) in [5.74, 6) is -0.592. The minimum absolute atomic E-state index is 0.215. The number of carbonyl (C=O) groups is 1. The van der Waals surface area contributed by atoms with Gasteiger partial charge in [-0.15, -0.1) is 0 Å². The molecule has 2 aromatic carbocycles. The van der Waals surface area contributed by atoms with Gasteiger partial charge in [0.05, 0.1) is 6.42 Å². The van der Waals surface area contributed by atoms with Crippen LogP contribution in [-0.4, -0.2) is 10.5 Å². The summed E-state index contributed by atoms with van der Waals surface area (Å²) < 4.78 is 15.8. The number of nitrogens with zero attached hydrogens (tertiary/aromatic N) is 1. The number of rotatable bonds is 10. The van der Waals surface area contributed by atoms with Crippen molar-refractivity contribution in [3.05, 3.63) is 60.0 Å². The van der Waals surface area contributed by atoms with Crippen LogP contribution in [-0.2, 0) is 17.8 Å². The number of benzene rings is 2. The molecule has 4 heteroatoms. The first-order chi connectivity index (χ1) is 13.6. The van der Waals surface area contributed by atoms with Gasteiger partial charge in [0.25, 0.3) is 0 Å². The highest BCUT2D eigenvalue weighted by molar-refractivity contribution is 5.92. The molecule has 0 aliphatic heterocycles. The van der Waals surface area contributed by atoms with E-state index in [0.717, 1.165) is 40.6 Å². The van der Waals surface area contributed by atoms with Crippen LogP contribution in [0.5, 0.6) is 0 Å². The molecule has 0 saturated heterocycles. The van der Waals surface area contributed by atoms with Gasteiger partial charge in [-0.25, -0.2) is 4.39 Å². The summed E-state index contributed by atoms with van der Waals surface area (Å²) in [5.41, 5.74) is 9.27. The van der Waals surface area contributed by atoms with Crippen LogP contribution in [0.2, 0.25) is 0 Å². The van der Waals surface area contributed by atoms with Crippen LogP contribution in [0, 0.1) is 5.82 Å². The normalized spacial score (nSPS) is 11.2. The minimum atomic E-state index is -0.338. The highest BCUT2D eigenvalue weighted by Gasteiger charge is 2.12. The third-order valence-electron chi connectivity index (χ3n) is 5.24. The van der Waals surface area contributed by atoms with E-state index in [2.05, 4.69) is 23.8 Å². The number of aryl methyl sites for hydroxylation is 1. The largest absolute Gasteiger partial charge is 0.369 e. The lowest BCUT2D eigenvalue weighted by Crippen LogP contribution is -2.13. The molecule has 28 heavy (non-hydrogen) atoms. The minimum Gasteiger partial charge on any atom is -0.369 e. The van der Waals surface area contributed by atoms with Crippen molar-refractivity contribution in [2.24, 2.45) is 5.73 Å². The molecule has 1 heterocycles. The monoisotopic (exact) mass is 380 g/mol. The molecule has 1 amide bonds. The van der Waals surface area contributed by atoms with Gasteiger partial charge in [0, 0.05) is 23.6 Å². The molecule has 0 radical (unpaired) electrons. The van der Waals surface area contributed by atoms with Crippen molar-refractivity contribution in [2.75, 3.05) is 0 Å². The highest BCUT2D eigenvalue weighted by atomic mass is 19.1.